The summed E-state index contributed by atoms with van der Waals surface area (Å²) < 4.78 is 7.22. The minimum absolute atomic E-state index is 0.0724. The van der Waals surface area contributed by atoms with E-state index in [1.165, 1.54) is 17.9 Å². The molecule has 7 nitrogen and oxygen atoms in total. The molecule has 0 saturated carbocycles. The van der Waals surface area contributed by atoms with Gasteiger partial charge in [-0.2, -0.15) is 0 Å². The standard InChI is InChI=1S/C23H29N3O4/c1-7-26-15(3)20(22(16(26)4)23(29)30-8-2)13-14-21(28)24-18-9-11-19(12-10-18)25(6)17(5)27/h9-14H,7-8H2,1-6H3,(H,24,28)/b14-13+. The minimum Gasteiger partial charge on any atom is -0.462 e. The first kappa shape index (κ1) is 22.9. The number of benzene rings is 1. The van der Waals surface area contributed by atoms with Gasteiger partial charge in [-0.3, -0.25) is 9.59 Å². The Bertz CT molecular complexity index is 971. The normalized spacial score (nSPS) is 10.9. The molecule has 1 aromatic carbocycles. The number of aromatic nitrogens is 1. The lowest BCUT2D eigenvalue weighted by atomic mass is 10.1. The van der Waals surface area contributed by atoms with E-state index in [0.717, 1.165) is 17.1 Å². The zero-order chi connectivity index (χ0) is 22.4. The molecular formula is C23H29N3O4. The van der Waals surface area contributed by atoms with E-state index in [4.69, 9.17) is 4.74 Å². The van der Waals surface area contributed by atoms with Gasteiger partial charge in [0.2, 0.25) is 11.8 Å². The van der Waals surface area contributed by atoms with Crippen LogP contribution in [0.25, 0.3) is 6.08 Å². The fraction of sp³-hybridized carbons (Fsp3) is 0.348. The number of esters is 1. The average molecular weight is 412 g/mol. The first-order chi connectivity index (χ1) is 14.2. The van der Waals surface area contributed by atoms with E-state index >= 15 is 0 Å². The summed E-state index contributed by atoms with van der Waals surface area (Å²) in [5.41, 5.74) is 4.23. The smallest absolute Gasteiger partial charge is 0.340 e. The summed E-state index contributed by atoms with van der Waals surface area (Å²) in [6.07, 6.45) is 3.05. The minimum atomic E-state index is -0.393. The van der Waals surface area contributed by atoms with Gasteiger partial charge in [-0.25, -0.2) is 4.79 Å². The molecule has 0 unspecified atom stereocenters. The molecule has 0 atom stereocenters. The van der Waals surface area contributed by atoms with Crippen LogP contribution in [-0.2, 0) is 20.9 Å². The van der Waals surface area contributed by atoms with Crippen LogP contribution in [0.4, 0.5) is 11.4 Å². The molecule has 1 N–H and O–H groups in total. The maximum absolute atomic E-state index is 12.4. The summed E-state index contributed by atoms with van der Waals surface area (Å²) in [4.78, 5) is 37.8. The maximum atomic E-state index is 12.4. The third-order valence-electron chi connectivity index (χ3n) is 5.02. The summed E-state index contributed by atoms with van der Waals surface area (Å²) in [7, 11) is 1.69. The van der Waals surface area contributed by atoms with Gasteiger partial charge in [-0.1, -0.05) is 0 Å². The predicted molar refractivity (Wildman–Crippen MR) is 119 cm³/mol. The van der Waals surface area contributed by atoms with Crippen molar-refractivity contribution in [2.45, 2.75) is 41.2 Å². The Hall–Kier alpha value is -3.35. The largest absolute Gasteiger partial charge is 0.462 e. The topological polar surface area (TPSA) is 80.6 Å². The molecule has 0 aliphatic rings. The van der Waals surface area contributed by atoms with E-state index in [9.17, 15) is 14.4 Å². The molecule has 1 heterocycles. The van der Waals surface area contributed by atoms with Crippen LogP contribution >= 0.6 is 0 Å². The fourth-order valence-corrected chi connectivity index (χ4v) is 3.34. The quantitative estimate of drug-likeness (QED) is 0.553. The van der Waals surface area contributed by atoms with Crippen molar-refractivity contribution in [2.24, 2.45) is 0 Å². The highest BCUT2D eigenvalue weighted by atomic mass is 16.5. The molecule has 160 valence electrons. The van der Waals surface area contributed by atoms with E-state index in [-0.39, 0.29) is 18.4 Å². The summed E-state index contributed by atoms with van der Waals surface area (Å²) in [5.74, 6) is -0.786. The molecule has 0 radical (unpaired) electrons. The van der Waals surface area contributed by atoms with Crippen LogP contribution in [0.2, 0.25) is 0 Å². The Morgan fingerprint density at radius 2 is 1.73 bits per heavy atom. The van der Waals surface area contributed by atoms with Gasteiger partial charge in [-0.15, -0.1) is 0 Å². The molecule has 1 aromatic heterocycles. The van der Waals surface area contributed by atoms with Crippen molar-refractivity contribution >= 4 is 35.2 Å². The van der Waals surface area contributed by atoms with Crippen LogP contribution in [0.15, 0.2) is 30.3 Å². The molecule has 0 aliphatic heterocycles. The molecule has 2 amide bonds. The Morgan fingerprint density at radius 1 is 1.10 bits per heavy atom. The molecule has 0 fully saturated rings. The van der Waals surface area contributed by atoms with E-state index in [1.54, 1.807) is 44.3 Å². The van der Waals surface area contributed by atoms with Gasteiger partial charge in [0.25, 0.3) is 0 Å². The van der Waals surface area contributed by atoms with Crippen molar-refractivity contribution in [3.05, 3.63) is 52.9 Å². The molecule has 0 aliphatic carbocycles. The predicted octanol–water partition coefficient (Wildman–Crippen LogP) is 3.94. The third kappa shape index (κ3) is 4.97. The molecule has 2 rings (SSSR count). The number of ether oxygens (including phenoxy) is 1. The lowest BCUT2D eigenvalue weighted by Crippen LogP contribution is -2.22. The molecule has 2 aromatic rings. The second-order valence-corrected chi connectivity index (χ2v) is 6.87. The Balaban J connectivity index is 2.22. The van der Waals surface area contributed by atoms with Crippen molar-refractivity contribution < 1.29 is 19.1 Å². The number of anilines is 2. The number of hydrogen-bond acceptors (Lipinski definition) is 4. The first-order valence-electron chi connectivity index (χ1n) is 9.91. The fourth-order valence-electron chi connectivity index (χ4n) is 3.34. The van der Waals surface area contributed by atoms with Crippen molar-refractivity contribution in [1.29, 1.82) is 0 Å². The Kier molecular flexibility index (Phi) is 7.58. The number of hydrogen-bond donors (Lipinski definition) is 1. The third-order valence-corrected chi connectivity index (χ3v) is 5.02. The van der Waals surface area contributed by atoms with Crippen LogP contribution < -0.4 is 10.2 Å². The summed E-state index contributed by atoms with van der Waals surface area (Å²) in [6, 6.07) is 6.98. The number of amides is 2. The van der Waals surface area contributed by atoms with Gasteiger partial charge in [-0.05, 0) is 58.0 Å². The SMILES string of the molecule is CCOC(=O)c1c(/C=C/C(=O)Nc2ccc(N(C)C(C)=O)cc2)c(C)n(CC)c1C. The lowest BCUT2D eigenvalue weighted by molar-refractivity contribution is -0.116. The van der Waals surface area contributed by atoms with E-state index in [1.807, 2.05) is 25.3 Å². The van der Waals surface area contributed by atoms with Crippen LogP contribution in [-0.4, -0.2) is 36.0 Å². The van der Waals surface area contributed by atoms with E-state index in [2.05, 4.69) is 5.32 Å². The molecule has 0 saturated heterocycles. The number of nitrogens with one attached hydrogen (secondary N) is 1. The lowest BCUT2D eigenvalue weighted by Gasteiger charge is -2.15. The zero-order valence-corrected chi connectivity index (χ0v) is 18.4. The second-order valence-electron chi connectivity index (χ2n) is 6.87. The summed E-state index contributed by atoms with van der Waals surface area (Å²) in [5, 5.41) is 2.78. The molecule has 30 heavy (non-hydrogen) atoms. The van der Waals surface area contributed by atoms with Gasteiger partial charge in [0, 0.05) is 54.9 Å². The monoisotopic (exact) mass is 411 g/mol. The van der Waals surface area contributed by atoms with Gasteiger partial charge in [0.1, 0.15) is 0 Å². The average Bonchev–Trinajstić information content (AvgIpc) is 2.95. The van der Waals surface area contributed by atoms with Crippen LogP contribution in [0, 0.1) is 13.8 Å². The molecular weight excluding hydrogens is 382 g/mol. The van der Waals surface area contributed by atoms with Crippen molar-refractivity contribution in [2.75, 3.05) is 23.9 Å². The van der Waals surface area contributed by atoms with Crippen molar-refractivity contribution in [3.8, 4) is 0 Å². The second kappa shape index (κ2) is 9.91. The Labute approximate surface area is 177 Å². The highest BCUT2D eigenvalue weighted by molar-refractivity contribution is 6.04. The first-order valence-corrected chi connectivity index (χ1v) is 9.91. The van der Waals surface area contributed by atoms with Crippen LogP contribution in [0.1, 0.15) is 48.1 Å². The van der Waals surface area contributed by atoms with Crippen LogP contribution in [0.3, 0.4) is 0 Å². The number of carbonyl (C=O) groups is 3. The number of rotatable bonds is 7. The van der Waals surface area contributed by atoms with E-state index < -0.39 is 5.97 Å². The Morgan fingerprint density at radius 3 is 2.27 bits per heavy atom. The number of nitrogens with zero attached hydrogens (tertiary/aromatic N) is 2. The maximum Gasteiger partial charge on any atom is 0.340 e. The van der Waals surface area contributed by atoms with Gasteiger partial charge >= 0.3 is 5.97 Å². The molecule has 0 spiro atoms. The highest BCUT2D eigenvalue weighted by Crippen LogP contribution is 2.25. The van der Waals surface area contributed by atoms with Crippen LogP contribution in [0.5, 0.6) is 0 Å². The summed E-state index contributed by atoms with van der Waals surface area (Å²) >= 11 is 0. The van der Waals surface area contributed by atoms with Crippen molar-refractivity contribution in [3.63, 3.8) is 0 Å². The molecule has 0 bridgehead atoms. The highest BCUT2D eigenvalue weighted by Gasteiger charge is 2.22. The summed E-state index contributed by atoms with van der Waals surface area (Å²) in [6.45, 7) is 10.0. The molecule has 7 heteroatoms. The van der Waals surface area contributed by atoms with Gasteiger partial charge in [0.05, 0.1) is 12.2 Å². The van der Waals surface area contributed by atoms with Gasteiger partial charge < -0.3 is 19.5 Å². The van der Waals surface area contributed by atoms with E-state index in [0.29, 0.717) is 23.4 Å². The number of carbonyl (C=O) groups excluding carboxylic acids is 3. The van der Waals surface area contributed by atoms with Gasteiger partial charge in [0.15, 0.2) is 0 Å². The van der Waals surface area contributed by atoms with Crippen molar-refractivity contribution in [1.82, 2.24) is 4.57 Å². The zero-order valence-electron chi connectivity index (χ0n) is 18.4.